The molecule has 0 spiro atoms. The lowest BCUT2D eigenvalue weighted by molar-refractivity contribution is -0.127. The van der Waals surface area contributed by atoms with Gasteiger partial charge in [-0.1, -0.05) is 15.9 Å². The molecular weight excluding hydrogens is 328 g/mol. The summed E-state index contributed by atoms with van der Waals surface area (Å²) in [7, 11) is 0. The van der Waals surface area contributed by atoms with E-state index in [1.807, 2.05) is 0 Å². The fourth-order valence-corrected chi connectivity index (χ4v) is 1.55. The molecule has 20 heavy (non-hydrogen) atoms. The average Bonchev–Trinajstić information content (AvgIpc) is 2.39. The van der Waals surface area contributed by atoms with E-state index in [9.17, 15) is 14.4 Å². The molecular formula is C13H15BrN2O4. The highest BCUT2D eigenvalue weighted by atomic mass is 79.9. The second-order valence-corrected chi connectivity index (χ2v) is 4.82. The summed E-state index contributed by atoms with van der Waals surface area (Å²) in [5, 5.41) is 4.48. The molecule has 7 heteroatoms. The molecule has 0 saturated carbocycles. The highest BCUT2D eigenvalue weighted by Crippen LogP contribution is 2.12. The highest BCUT2D eigenvalue weighted by molar-refractivity contribution is 9.10. The Kier molecular flexibility index (Phi) is 6.17. The maximum Gasteiger partial charge on any atom is 0.338 e. The van der Waals surface area contributed by atoms with Crippen molar-refractivity contribution >= 4 is 33.8 Å². The minimum Gasteiger partial charge on any atom is -0.449 e. The zero-order valence-corrected chi connectivity index (χ0v) is 12.7. The number of imide groups is 1. The van der Waals surface area contributed by atoms with E-state index < -0.39 is 24.0 Å². The van der Waals surface area contributed by atoms with Crippen LogP contribution in [0.5, 0.6) is 0 Å². The largest absolute Gasteiger partial charge is 0.449 e. The third-order valence-corrected chi connectivity index (χ3v) is 2.84. The summed E-state index contributed by atoms with van der Waals surface area (Å²) >= 11 is 3.25. The van der Waals surface area contributed by atoms with Crippen LogP contribution in [0.1, 0.15) is 24.2 Å². The number of ether oxygens (including phenoxy) is 1. The van der Waals surface area contributed by atoms with Crippen molar-refractivity contribution in [2.24, 2.45) is 0 Å². The monoisotopic (exact) mass is 342 g/mol. The Labute approximate surface area is 125 Å². The number of hydrogen-bond acceptors (Lipinski definition) is 4. The van der Waals surface area contributed by atoms with Gasteiger partial charge in [-0.25, -0.2) is 9.59 Å². The van der Waals surface area contributed by atoms with E-state index in [2.05, 4.69) is 26.6 Å². The fraction of sp³-hybridized carbons (Fsp3) is 0.308. The van der Waals surface area contributed by atoms with E-state index in [1.165, 1.54) is 6.92 Å². The van der Waals surface area contributed by atoms with Gasteiger partial charge in [-0.15, -0.1) is 0 Å². The van der Waals surface area contributed by atoms with Gasteiger partial charge in [-0.2, -0.15) is 0 Å². The Morgan fingerprint density at radius 1 is 1.25 bits per heavy atom. The first-order chi connectivity index (χ1) is 9.43. The molecule has 0 fully saturated rings. The van der Waals surface area contributed by atoms with Gasteiger partial charge < -0.3 is 10.1 Å². The lowest BCUT2D eigenvalue weighted by Crippen LogP contribution is -2.44. The van der Waals surface area contributed by atoms with Gasteiger partial charge in [0.2, 0.25) is 0 Å². The quantitative estimate of drug-likeness (QED) is 0.817. The predicted octanol–water partition coefficient (Wildman–Crippen LogP) is 1.84. The number of carbonyl (C=O) groups excluding carboxylic acids is 3. The second-order valence-electron chi connectivity index (χ2n) is 3.90. The van der Waals surface area contributed by atoms with Gasteiger partial charge in [0.15, 0.2) is 6.10 Å². The standard InChI is InChI=1S/C13H15BrN2O4/c1-3-15-13(19)16-11(17)8(2)20-12(18)9-4-6-10(14)7-5-9/h4-8H,3H2,1-2H3,(H2,15,16,17,19). The number of amides is 3. The summed E-state index contributed by atoms with van der Waals surface area (Å²) in [6.07, 6.45) is -1.06. The second kappa shape index (κ2) is 7.64. The summed E-state index contributed by atoms with van der Waals surface area (Å²) in [6.45, 7) is 3.51. The maximum atomic E-state index is 11.8. The van der Waals surface area contributed by atoms with E-state index in [0.717, 1.165) is 4.47 Å². The Morgan fingerprint density at radius 3 is 2.40 bits per heavy atom. The molecule has 0 radical (unpaired) electrons. The van der Waals surface area contributed by atoms with Crippen LogP contribution in [-0.4, -0.2) is 30.6 Å². The maximum absolute atomic E-state index is 11.8. The zero-order valence-electron chi connectivity index (χ0n) is 11.1. The molecule has 0 aliphatic carbocycles. The van der Waals surface area contributed by atoms with Crippen LogP contribution in [0.25, 0.3) is 0 Å². The SMILES string of the molecule is CCNC(=O)NC(=O)C(C)OC(=O)c1ccc(Br)cc1. The molecule has 0 aromatic heterocycles. The minimum absolute atomic E-state index is 0.325. The molecule has 2 N–H and O–H groups in total. The van der Waals surface area contributed by atoms with Crippen molar-refractivity contribution in [1.29, 1.82) is 0 Å². The molecule has 0 bridgehead atoms. The molecule has 1 aromatic rings. The van der Waals surface area contributed by atoms with E-state index in [4.69, 9.17) is 4.74 Å². The Hall–Kier alpha value is -1.89. The van der Waals surface area contributed by atoms with Gasteiger partial charge in [-0.05, 0) is 38.1 Å². The van der Waals surface area contributed by atoms with Crippen LogP contribution >= 0.6 is 15.9 Å². The molecule has 3 amide bonds. The van der Waals surface area contributed by atoms with Crippen molar-refractivity contribution in [1.82, 2.24) is 10.6 Å². The van der Waals surface area contributed by atoms with E-state index in [0.29, 0.717) is 12.1 Å². The van der Waals surface area contributed by atoms with Crippen LogP contribution < -0.4 is 10.6 Å². The van der Waals surface area contributed by atoms with Crippen molar-refractivity contribution in [3.8, 4) is 0 Å². The number of benzene rings is 1. The number of nitrogens with one attached hydrogen (secondary N) is 2. The van der Waals surface area contributed by atoms with Crippen molar-refractivity contribution in [2.45, 2.75) is 20.0 Å². The van der Waals surface area contributed by atoms with Crippen LogP contribution in [0.2, 0.25) is 0 Å². The van der Waals surface area contributed by atoms with Crippen molar-refractivity contribution < 1.29 is 19.1 Å². The fourth-order valence-electron chi connectivity index (χ4n) is 1.29. The van der Waals surface area contributed by atoms with Gasteiger partial charge in [0.1, 0.15) is 0 Å². The first-order valence-corrected chi connectivity index (χ1v) is 6.78. The number of hydrogen-bond donors (Lipinski definition) is 2. The molecule has 6 nitrogen and oxygen atoms in total. The van der Waals surface area contributed by atoms with Gasteiger partial charge in [0.05, 0.1) is 5.56 Å². The molecule has 0 aliphatic heterocycles. The van der Waals surface area contributed by atoms with E-state index >= 15 is 0 Å². The van der Waals surface area contributed by atoms with Crippen LogP contribution in [0, 0.1) is 0 Å². The Morgan fingerprint density at radius 2 is 1.85 bits per heavy atom. The lowest BCUT2D eigenvalue weighted by Gasteiger charge is -2.13. The average molecular weight is 343 g/mol. The van der Waals surface area contributed by atoms with Gasteiger partial charge >= 0.3 is 12.0 Å². The van der Waals surface area contributed by atoms with E-state index in [-0.39, 0.29) is 0 Å². The summed E-state index contributed by atoms with van der Waals surface area (Å²) in [5.41, 5.74) is 0.325. The van der Waals surface area contributed by atoms with Crippen LogP contribution in [-0.2, 0) is 9.53 Å². The first kappa shape index (κ1) is 16.2. The zero-order chi connectivity index (χ0) is 15.1. The highest BCUT2D eigenvalue weighted by Gasteiger charge is 2.20. The Bertz CT molecular complexity index is 502. The summed E-state index contributed by atoms with van der Waals surface area (Å²) < 4.78 is 5.80. The number of carbonyl (C=O) groups is 3. The van der Waals surface area contributed by atoms with E-state index in [1.54, 1.807) is 31.2 Å². The van der Waals surface area contributed by atoms with Gasteiger partial charge in [0, 0.05) is 11.0 Å². The smallest absolute Gasteiger partial charge is 0.338 e. The number of rotatable bonds is 4. The molecule has 1 atom stereocenters. The Balaban J connectivity index is 2.54. The van der Waals surface area contributed by atoms with Crippen LogP contribution in [0.15, 0.2) is 28.7 Å². The lowest BCUT2D eigenvalue weighted by atomic mass is 10.2. The minimum atomic E-state index is -1.06. The van der Waals surface area contributed by atoms with Crippen LogP contribution in [0.3, 0.4) is 0 Å². The van der Waals surface area contributed by atoms with Gasteiger partial charge in [0.25, 0.3) is 5.91 Å². The van der Waals surface area contributed by atoms with Crippen molar-refractivity contribution in [3.63, 3.8) is 0 Å². The molecule has 1 unspecified atom stereocenters. The molecule has 108 valence electrons. The molecule has 1 rings (SSSR count). The summed E-state index contributed by atoms with van der Waals surface area (Å²) in [4.78, 5) is 34.5. The number of halogens is 1. The number of esters is 1. The third kappa shape index (κ3) is 5.00. The molecule has 1 aromatic carbocycles. The summed E-state index contributed by atoms with van der Waals surface area (Å²) in [5.74, 6) is -1.31. The number of urea groups is 1. The molecule has 0 heterocycles. The first-order valence-electron chi connectivity index (χ1n) is 5.99. The van der Waals surface area contributed by atoms with Crippen molar-refractivity contribution in [2.75, 3.05) is 6.54 Å². The molecule has 0 saturated heterocycles. The predicted molar refractivity (Wildman–Crippen MR) is 76.2 cm³/mol. The topological polar surface area (TPSA) is 84.5 Å². The molecule has 0 aliphatic rings. The van der Waals surface area contributed by atoms with Crippen molar-refractivity contribution in [3.05, 3.63) is 34.3 Å². The normalized spacial score (nSPS) is 11.3. The van der Waals surface area contributed by atoms with Gasteiger partial charge in [-0.3, -0.25) is 10.1 Å². The third-order valence-electron chi connectivity index (χ3n) is 2.31. The van der Waals surface area contributed by atoms with Crippen LogP contribution in [0.4, 0.5) is 4.79 Å². The summed E-state index contributed by atoms with van der Waals surface area (Å²) in [6, 6.07) is 5.90.